The average Bonchev–Trinajstić information content (AvgIpc) is 3.59. The summed E-state index contributed by atoms with van der Waals surface area (Å²) in [5.74, 6) is -1.12. The number of halogens is 2. The molecule has 5 aromatic rings. The van der Waals surface area contributed by atoms with Gasteiger partial charge in [-0.05, 0) is 76.2 Å². The summed E-state index contributed by atoms with van der Waals surface area (Å²) in [6, 6.07) is 19.8. The molecule has 42 heavy (non-hydrogen) atoms. The second-order valence-corrected chi connectivity index (χ2v) is 12.1. The van der Waals surface area contributed by atoms with E-state index in [9.17, 15) is 9.59 Å². The molecule has 2 atom stereocenters. The second-order valence-electron chi connectivity index (χ2n) is 10.4. The Labute approximate surface area is 258 Å². The molecule has 216 valence electrons. The molecule has 0 aliphatic carbocycles. The average molecular weight is 621 g/mol. The van der Waals surface area contributed by atoms with E-state index in [0.717, 1.165) is 45.2 Å². The Hall–Kier alpha value is -3.65. The van der Waals surface area contributed by atoms with Gasteiger partial charge in [0.05, 0.1) is 12.6 Å². The van der Waals surface area contributed by atoms with E-state index >= 15 is 0 Å². The van der Waals surface area contributed by atoms with Crippen LogP contribution in [0.5, 0.6) is 0 Å². The molecule has 0 aliphatic rings. The number of carbonyl (C=O) groups is 2. The van der Waals surface area contributed by atoms with Crippen molar-refractivity contribution >= 4 is 56.5 Å². The molecule has 0 bridgehead atoms. The summed E-state index contributed by atoms with van der Waals surface area (Å²) in [5, 5.41) is 20.6. The van der Waals surface area contributed by atoms with E-state index in [2.05, 4.69) is 40.9 Å². The van der Waals surface area contributed by atoms with Crippen LogP contribution in [0.25, 0.3) is 21.2 Å². The lowest BCUT2D eigenvalue weighted by atomic mass is 9.75. The van der Waals surface area contributed by atoms with Crippen LogP contribution in [0.3, 0.4) is 0 Å². The third-order valence-corrected chi connectivity index (χ3v) is 8.99. The summed E-state index contributed by atoms with van der Waals surface area (Å²) in [4.78, 5) is 23.4. The number of nitrogens with zero attached hydrogens (tertiary/aromatic N) is 2. The molecule has 0 saturated heterocycles. The van der Waals surface area contributed by atoms with Crippen molar-refractivity contribution < 1.29 is 14.7 Å². The zero-order valence-corrected chi connectivity index (χ0v) is 25.6. The number of aryl methyl sites for hydroxylation is 1. The number of nitrogens with one attached hydrogen (secondary N) is 1. The van der Waals surface area contributed by atoms with Crippen LogP contribution in [-0.2, 0) is 11.8 Å². The quantitative estimate of drug-likeness (QED) is 0.155. The summed E-state index contributed by atoms with van der Waals surface area (Å²) >= 11 is 14.8. The Kier molecular flexibility index (Phi) is 9.31. The van der Waals surface area contributed by atoms with E-state index < -0.39 is 5.97 Å². The van der Waals surface area contributed by atoms with Gasteiger partial charge in [0.25, 0.3) is 5.91 Å². The van der Waals surface area contributed by atoms with Gasteiger partial charge in [0.2, 0.25) is 0 Å². The Bertz CT molecular complexity index is 1710. The van der Waals surface area contributed by atoms with Crippen LogP contribution < -0.4 is 5.32 Å². The molecule has 0 fully saturated rings. The molecule has 1 unspecified atom stereocenters. The Morgan fingerprint density at radius 3 is 2.38 bits per heavy atom. The number of fused-ring (bicyclic) bond motifs is 1. The van der Waals surface area contributed by atoms with Crippen molar-refractivity contribution in [2.24, 2.45) is 7.05 Å². The van der Waals surface area contributed by atoms with Gasteiger partial charge < -0.3 is 10.4 Å². The highest BCUT2D eigenvalue weighted by atomic mass is 35.5. The molecule has 2 aromatic heterocycles. The lowest BCUT2D eigenvalue weighted by Gasteiger charge is -2.29. The van der Waals surface area contributed by atoms with Crippen LogP contribution in [-0.4, -0.2) is 33.3 Å². The molecule has 0 aliphatic heterocycles. The fourth-order valence-corrected chi connectivity index (χ4v) is 7.01. The maximum absolute atomic E-state index is 12.6. The number of rotatable bonds is 11. The van der Waals surface area contributed by atoms with Gasteiger partial charge in [0.1, 0.15) is 0 Å². The highest BCUT2D eigenvalue weighted by Crippen LogP contribution is 2.48. The van der Waals surface area contributed by atoms with E-state index in [4.69, 9.17) is 28.3 Å². The van der Waals surface area contributed by atoms with Crippen LogP contribution in [0.15, 0.2) is 78.4 Å². The second kappa shape index (κ2) is 13.1. The maximum atomic E-state index is 12.6. The molecule has 5 rings (SSSR count). The molecule has 0 saturated carbocycles. The van der Waals surface area contributed by atoms with Gasteiger partial charge >= 0.3 is 5.97 Å². The molecule has 2 N–H and O–H groups in total. The van der Waals surface area contributed by atoms with Crippen molar-refractivity contribution in [1.82, 2.24) is 15.1 Å². The van der Waals surface area contributed by atoms with Gasteiger partial charge in [0, 0.05) is 57.1 Å². The molecule has 6 nitrogen and oxygen atoms in total. The smallest absolute Gasteiger partial charge is 0.305 e. The van der Waals surface area contributed by atoms with Crippen LogP contribution in [0.2, 0.25) is 10.0 Å². The van der Waals surface area contributed by atoms with Gasteiger partial charge in [-0.15, -0.1) is 11.3 Å². The van der Waals surface area contributed by atoms with Gasteiger partial charge in [0.15, 0.2) is 0 Å². The number of carboxylic acids is 1. The van der Waals surface area contributed by atoms with Crippen molar-refractivity contribution in [2.75, 3.05) is 6.54 Å². The molecular weight excluding hydrogens is 589 g/mol. The first-order chi connectivity index (χ1) is 20.2. The SMILES string of the molecule is CCC[C@H](c1ccc(C(=O)NCCC(=O)O)cc1)C(c1ccc(Cl)cc1)c1csc2c(-c3cnn(C)c3)cc(Cl)cc12. The summed E-state index contributed by atoms with van der Waals surface area (Å²) in [7, 11) is 1.90. The number of amides is 1. The number of carboxylic acid groups (broad SMARTS) is 1. The zero-order chi connectivity index (χ0) is 29.8. The van der Waals surface area contributed by atoms with Gasteiger partial charge in [-0.25, -0.2) is 0 Å². The molecule has 0 radical (unpaired) electrons. The zero-order valence-electron chi connectivity index (χ0n) is 23.3. The highest BCUT2D eigenvalue weighted by molar-refractivity contribution is 7.18. The minimum atomic E-state index is -0.948. The monoisotopic (exact) mass is 619 g/mol. The van der Waals surface area contributed by atoms with Gasteiger partial charge in [-0.3, -0.25) is 14.3 Å². The number of benzene rings is 3. The fourth-order valence-electron chi connectivity index (χ4n) is 5.54. The molecule has 9 heteroatoms. The topological polar surface area (TPSA) is 84.2 Å². The number of hydrogen-bond acceptors (Lipinski definition) is 4. The molecule has 3 aromatic carbocycles. The predicted molar refractivity (Wildman–Crippen MR) is 171 cm³/mol. The molecule has 1 amide bonds. The number of aliphatic carboxylic acids is 1. The van der Waals surface area contributed by atoms with Crippen LogP contribution in [0.1, 0.15) is 65.1 Å². The van der Waals surface area contributed by atoms with Crippen LogP contribution >= 0.6 is 34.5 Å². The van der Waals surface area contributed by atoms with E-state index in [0.29, 0.717) is 15.6 Å². The number of aromatic nitrogens is 2. The Morgan fingerprint density at radius 1 is 1.02 bits per heavy atom. The largest absolute Gasteiger partial charge is 0.481 e. The van der Waals surface area contributed by atoms with Crippen molar-refractivity contribution in [2.45, 2.75) is 38.0 Å². The van der Waals surface area contributed by atoms with E-state index in [1.807, 2.05) is 61.9 Å². The minimum Gasteiger partial charge on any atom is -0.481 e. The van der Waals surface area contributed by atoms with Crippen molar-refractivity contribution in [1.29, 1.82) is 0 Å². The lowest BCUT2D eigenvalue weighted by Crippen LogP contribution is -2.26. The van der Waals surface area contributed by atoms with E-state index in [1.54, 1.807) is 16.0 Å². The Morgan fingerprint density at radius 2 is 1.74 bits per heavy atom. The minimum absolute atomic E-state index is 0.00595. The standard InChI is InChI=1S/C33H31Cl2N3O3S/c1-3-4-26(20-5-7-22(8-6-20)33(41)36-14-13-30(39)40)31(21-9-11-24(34)12-10-21)29-19-42-32-27(15-25(35)16-28(29)32)23-17-37-38(2)18-23/h5-12,15-19,26,31H,3-4,13-14H2,1-2H3,(H,36,41)(H,39,40)/t26-,31?/m1/s1. The highest BCUT2D eigenvalue weighted by Gasteiger charge is 2.29. The van der Waals surface area contributed by atoms with E-state index in [-0.39, 0.29) is 30.7 Å². The molecular formula is C33H31Cl2N3O3S. The van der Waals surface area contributed by atoms with Crippen LogP contribution in [0, 0.1) is 0 Å². The molecule has 2 heterocycles. The first kappa shape index (κ1) is 29.8. The number of hydrogen-bond donors (Lipinski definition) is 2. The van der Waals surface area contributed by atoms with E-state index in [1.165, 1.54) is 5.56 Å². The third kappa shape index (κ3) is 6.54. The lowest BCUT2D eigenvalue weighted by molar-refractivity contribution is -0.136. The van der Waals surface area contributed by atoms with Crippen LogP contribution in [0.4, 0.5) is 0 Å². The summed E-state index contributed by atoms with van der Waals surface area (Å²) in [6.45, 7) is 2.27. The first-order valence-electron chi connectivity index (χ1n) is 13.8. The fraction of sp³-hybridized carbons (Fsp3) is 0.242. The van der Waals surface area contributed by atoms with Crippen molar-refractivity contribution in [3.8, 4) is 11.1 Å². The third-order valence-electron chi connectivity index (χ3n) is 7.48. The summed E-state index contributed by atoms with van der Waals surface area (Å²) in [6.07, 6.45) is 5.63. The van der Waals surface area contributed by atoms with Gasteiger partial charge in [-0.2, -0.15) is 5.10 Å². The predicted octanol–water partition coefficient (Wildman–Crippen LogP) is 8.53. The van der Waals surface area contributed by atoms with Crippen molar-refractivity contribution in [3.05, 3.63) is 111 Å². The normalized spacial score (nSPS) is 12.8. The Balaban J connectivity index is 1.59. The summed E-state index contributed by atoms with van der Waals surface area (Å²) in [5.41, 5.74) is 6.03. The number of thiophene rings is 1. The maximum Gasteiger partial charge on any atom is 0.305 e. The summed E-state index contributed by atoms with van der Waals surface area (Å²) < 4.78 is 2.95. The number of carbonyl (C=O) groups excluding carboxylic acids is 1. The van der Waals surface area contributed by atoms with Crippen molar-refractivity contribution in [3.63, 3.8) is 0 Å². The van der Waals surface area contributed by atoms with Gasteiger partial charge in [-0.1, -0.05) is 60.8 Å². The molecule has 0 spiro atoms. The first-order valence-corrected chi connectivity index (χ1v) is 15.4.